The SMILES string of the molecule is CCN(CC)S(=O)(=O)c1ccc(OC)c(NC=C(C#N)c2nn[nH]n2)c1. The number of aromatic nitrogens is 4. The zero-order chi connectivity index (χ0) is 19.2. The number of hydrogen-bond donors (Lipinski definition) is 2. The zero-order valence-electron chi connectivity index (χ0n) is 14.6. The van der Waals surface area contributed by atoms with Gasteiger partial charge in [0.2, 0.25) is 15.8 Å². The standard InChI is InChI=1S/C15H19N7O3S/c1-4-22(5-2)26(23,24)12-6-7-14(25-3)13(8-12)17-10-11(9-16)15-18-20-21-19-15/h6-8,10,17H,4-5H2,1-3H3,(H,18,19,20,21). The van der Waals surface area contributed by atoms with Gasteiger partial charge in [0.15, 0.2) is 0 Å². The Morgan fingerprint density at radius 1 is 1.42 bits per heavy atom. The highest BCUT2D eigenvalue weighted by Crippen LogP contribution is 2.29. The minimum atomic E-state index is -3.62. The maximum Gasteiger partial charge on any atom is 0.243 e. The van der Waals surface area contributed by atoms with E-state index in [0.717, 1.165) is 0 Å². The number of ether oxygens (including phenoxy) is 1. The lowest BCUT2D eigenvalue weighted by Crippen LogP contribution is -2.30. The van der Waals surface area contributed by atoms with Gasteiger partial charge in [-0.15, -0.1) is 10.2 Å². The van der Waals surface area contributed by atoms with Crippen LogP contribution in [0.25, 0.3) is 5.57 Å². The molecule has 0 fully saturated rings. The molecule has 2 N–H and O–H groups in total. The average Bonchev–Trinajstić information content (AvgIpc) is 3.17. The van der Waals surface area contributed by atoms with Crippen molar-refractivity contribution in [3.8, 4) is 11.8 Å². The third-order valence-corrected chi connectivity index (χ3v) is 5.64. The summed E-state index contributed by atoms with van der Waals surface area (Å²) in [5.41, 5.74) is 0.509. The van der Waals surface area contributed by atoms with Gasteiger partial charge in [-0.2, -0.15) is 14.8 Å². The van der Waals surface area contributed by atoms with Gasteiger partial charge in [-0.3, -0.25) is 0 Å². The third kappa shape index (κ3) is 3.98. The van der Waals surface area contributed by atoms with Gasteiger partial charge in [0.25, 0.3) is 0 Å². The fraction of sp³-hybridized carbons (Fsp3) is 0.333. The van der Waals surface area contributed by atoms with Crippen LogP contribution in [0.3, 0.4) is 0 Å². The van der Waals surface area contributed by atoms with E-state index in [9.17, 15) is 13.7 Å². The van der Waals surface area contributed by atoms with Crippen molar-refractivity contribution in [1.82, 2.24) is 24.9 Å². The second-order valence-electron chi connectivity index (χ2n) is 5.00. The predicted molar refractivity (Wildman–Crippen MR) is 94.5 cm³/mol. The Balaban J connectivity index is 2.41. The molecule has 0 amide bonds. The molecule has 0 unspecified atom stereocenters. The maximum atomic E-state index is 12.7. The van der Waals surface area contributed by atoms with E-state index in [2.05, 4.69) is 25.9 Å². The average molecular weight is 377 g/mol. The van der Waals surface area contributed by atoms with Crippen LogP contribution in [0.4, 0.5) is 5.69 Å². The van der Waals surface area contributed by atoms with Crippen molar-refractivity contribution in [3.05, 3.63) is 30.2 Å². The summed E-state index contributed by atoms with van der Waals surface area (Å²) in [6, 6.07) is 6.42. The van der Waals surface area contributed by atoms with Crippen LogP contribution < -0.4 is 10.1 Å². The molecule has 0 aliphatic carbocycles. The first-order valence-corrected chi connectivity index (χ1v) is 9.20. The van der Waals surface area contributed by atoms with Crippen molar-refractivity contribution in [3.63, 3.8) is 0 Å². The molecule has 0 atom stereocenters. The lowest BCUT2D eigenvalue weighted by molar-refractivity contribution is 0.416. The van der Waals surface area contributed by atoms with Crippen LogP contribution in [0, 0.1) is 11.3 Å². The van der Waals surface area contributed by atoms with Crippen molar-refractivity contribution < 1.29 is 13.2 Å². The van der Waals surface area contributed by atoms with Gasteiger partial charge in [0, 0.05) is 19.3 Å². The van der Waals surface area contributed by atoms with Crippen LogP contribution in [0.1, 0.15) is 19.7 Å². The number of aromatic amines is 1. The lowest BCUT2D eigenvalue weighted by atomic mass is 10.2. The van der Waals surface area contributed by atoms with Crippen LogP contribution in [0.5, 0.6) is 5.75 Å². The Labute approximate surface area is 151 Å². The Hall–Kier alpha value is -2.97. The lowest BCUT2D eigenvalue weighted by Gasteiger charge is -2.19. The molecule has 2 aromatic rings. The number of nitriles is 1. The topological polar surface area (TPSA) is 137 Å². The second kappa shape index (κ2) is 8.41. The number of hydrogen-bond acceptors (Lipinski definition) is 8. The van der Waals surface area contributed by atoms with Crippen molar-refractivity contribution in [1.29, 1.82) is 5.26 Å². The molecular formula is C15H19N7O3S. The monoisotopic (exact) mass is 377 g/mol. The Kier molecular flexibility index (Phi) is 6.26. The maximum absolute atomic E-state index is 12.7. The van der Waals surface area contributed by atoms with Gasteiger partial charge < -0.3 is 10.1 Å². The van der Waals surface area contributed by atoms with Gasteiger partial charge in [-0.25, -0.2) is 8.42 Å². The van der Waals surface area contributed by atoms with Crippen LogP contribution in [0.2, 0.25) is 0 Å². The number of benzene rings is 1. The first-order chi connectivity index (χ1) is 12.5. The molecule has 1 heterocycles. The van der Waals surface area contributed by atoms with Crippen LogP contribution in [-0.4, -0.2) is 53.5 Å². The van der Waals surface area contributed by atoms with Crippen molar-refractivity contribution in [2.24, 2.45) is 0 Å². The molecule has 2 rings (SSSR count). The molecule has 26 heavy (non-hydrogen) atoms. The van der Waals surface area contributed by atoms with E-state index in [1.54, 1.807) is 19.9 Å². The Morgan fingerprint density at radius 3 is 2.69 bits per heavy atom. The quantitative estimate of drug-likeness (QED) is 0.655. The summed E-state index contributed by atoms with van der Waals surface area (Å²) >= 11 is 0. The first kappa shape index (κ1) is 19.4. The number of sulfonamides is 1. The molecule has 10 nitrogen and oxygen atoms in total. The number of anilines is 1. The Bertz CT molecular complexity index is 913. The summed E-state index contributed by atoms with van der Waals surface area (Å²) in [4.78, 5) is 0.121. The molecule has 11 heteroatoms. The van der Waals surface area contributed by atoms with E-state index < -0.39 is 10.0 Å². The smallest absolute Gasteiger partial charge is 0.243 e. The van der Waals surface area contributed by atoms with Crippen LogP contribution in [-0.2, 0) is 10.0 Å². The van der Waals surface area contributed by atoms with Gasteiger partial charge in [-0.1, -0.05) is 13.8 Å². The van der Waals surface area contributed by atoms with Gasteiger partial charge in [0.05, 0.1) is 17.7 Å². The van der Waals surface area contributed by atoms with E-state index in [-0.39, 0.29) is 16.3 Å². The molecule has 1 aromatic heterocycles. The number of nitrogens with one attached hydrogen (secondary N) is 2. The first-order valence-electron chi connectivity index (χ1n) is 7.76. The molecule has 0 spiro atoms. The number of rotatable bonds is 8. The summed E-state index contributed by atoms with van der Waals surface area (Å²) < 4.78 is 32.0. The van der Waals surface area contributed by atoms with E-state index in [1.165, 1.54) is 29.7 Å². The highest BCUT2D eigenvalue weighted by Gasteiger charge is 2.22. The van der Waals surface area contributed by atoms with E-state index in [1.807, 2.05) is 6.07 Å². The highest BCUT2D eigenvalue weighted by atomic mass is 32.2. The zero-order valence-corrected chi connectivity index (χ0v) is 15.4. The molecular weight excluding hydrogens is 358 g/mol. The van der Waals surface area contributed by atoms with Crippen molar-refractivity contribution in [2.45, 2.75) is 18.7 Å². The van der Waals surface area contributed by atoms with E-state index >= 15 is 0 Å². The predicted octanol–water partition coefficient (Wildman–Crippen LogP) is 1.22. The number of tetrazole rings is 1. The van der Waals surface area contributed by atoms with Crippen LogP contribution >= 0.6 is 0 Å². The molecule has 0 radical (unpaired) electrons. The number of allylic oxidation sites excluding steroid dienone is 1. The van der Waals surface area contributed by atoms with E-state index in [0.29, 0.717) is 24.5 Å². The van der Waals surface area contributed by atoms with E-state index in [4.69, 9.17) is 4.74 Å². The number of nitrogens with zero attached hydrogens (tertiary/aromatic N) is 5. The number of H-pyrrole nitrogens is 1. The third-order valence-electron chi connectivity index (χ3n) is 3.59. The fourth-order valence-electron chi connectivity index (χ4n) is 2.25. The fourth-order valence-corrected chi connectivity index (χ4v) is 3.73. The molecule has 138 valence electrons. The van der Waals surface area contributed by atoms with Gasteiger partial charge >= 0.3 is 0 Å². The summed E-state index contributed by atoms with van der Waals surface area (Å²) in [6.07, 6.45) is 1.36. The van der Waals surface area contributed by atoms with Gasteiger partial charge in [-0.05, 0) is 23.4 Å². The van der Waals surface area contributed by atoms with Crippen LogP contribution in [0.15, 0.2) is 29.3 Å². The molecule has 0 aliphatic heterocycles. The minimum absolute atomic E-state index is 0.117. The van der Waals surface area contributed by atoms with Gasteiger partial charge in [0.1, 0.15) is 17.4 Å². The summed E-state index contributed by atoms with van der Waals surface area (Å²) in [5.74, 6) is 0.538. The van der Waals surface area contributed by atoms with Crippen molar-refractivity contribution >= 4 is 21.3 Å². The molecule has 0 aliphatic rings. The highest BCUT2D eigenvalue weighted by molar-refractivity contribution is 7.89. The Morgan fingerprint density at radius 2 is 2.15 bits per heavy atom. The van der Waals surface area contributed by atoms with Crippen molar-refractivity contribution in [2.75, 3.05) is 25.5 Å². The minimum Gasteiger partial charge on any atom is -0.495 e. The molecule has 1 aromatic carbocycles. The molecule has 0 saturated carbocycles. The summed E-state index contributed by atoms with van der Waals surface area (Å²) in [5, 5.41) is 25.2. The normalized spacial score (nSPS) is 12.0. The number of methoxy groups -OCH3 is 1. The largest absolute Gasteiger partial charge is 0.495 e. The summed E-state index contributed by atoms with van der Waals surface area (Å²) in [6.45, 7) is 4.28. The summed E-state index contributed by atoms with van der Waals surface area (Å²) in [7, 11) is -2.16. The molecule has 0 bridgehead atoms. The second-order valence-corrected chi connectivity index (χ2v) is 6.94. The molecule has 0 saturated heterocycles.